The van der Waals surface area contributed by atoms with Gasteiger partial charge in [-0.15, -0.1) is 0 Å². The smallest absolute Gasteiger partial charge is 0.257 e. The number of nitrogens with one attached hydrogen (secondary N) is 2. The Bertz CT molecular complexity index is 427. The summed E-state index contributed by atoms with van der Waals surface area (Å²) < 4.78 is 26.1. The summed E-state index contributed by atoms with van der Waals surface area (Å²) in [7, 11) is -3.39. The highest BCUT2D eigenvalue weighted by atomic mass is 32.2. The average molecular weight is 243 g/mol. The van der Waals surface area contributed by atoms with Crippen molar-refractivity contribution in [1.82, 2.24) is 14.9 Å². The van der Waals surface area contributed by atoms with Gasteiger partial charge in [-0.2, -0.15) is 5.10 Å². The van der Waals surface area contributed by atoms with Crippen molar-refractivity contribution in [1.29, 1.82) is 0 Å². The monoisotopic (exact) mass is 243 g/mol. The summed E-state index contributed by atoms with van der Waals surface area (Å²) in [5.74, 6) is 1.20. The van der Waals surface area contributed by atoms with E-state index in [1.165, 1.54) is 18.7 Å². The van der Waals surface area contributed by atoms with Crippen molar-refractivity contribution in [3.8, 4) is 0 Å². The Kier molecular flexibility index (Phi) is 3.30. The summed E-state index contributed by atoms with van der Waals surface area (Å²) in [4.78, 5) is 0. The highest BCUT2D eigenvalue weighted by Crippen LogP contribution is 2.29. The second kappa shape index (κ2) is 4.55. The molecule has 2 unspecified atom stereocenters. The maximum absolute atomic E-state index is 11.7. The summed E-state index contributed by atoms with van der Waals surface area (Å²) in [5, 5.41) is 6.23. The van der Waals surface area contributed by atoms with Crippen LogP contribution >= 0.6 is 0 Å². The van der Waals surface area contributed by atoms with Gasteiger partial charge < -0.3 is 0 Å². The van der Waals surface area contributed by atoms with Crippen LogP contribution in [-0.2, 0) is 10.0 Å². The molecule has 2 N–H and O–H groups in total. The Morgan fingerprint density at radius 3 is 2.94 bits per heavy atom. The molecule has 1 aliphatic carbocycles. The zero-order valence-corrected chi connectivity index (χ0v) is 10.1. The third kappa shape index (κ3) is 2.62. The van der Waals surface area contributed by atoms with E-state index in [4.69, 9.17) is 0 Å². The summed E-state index contributed by atoms with van der Waals surface area (Å²) in [6.45, 7) is 2.75. The van der Waals surface area contributed by atoms with E-state index in [1.807, 2.05) is 0 Å². The first-order valence-electron chi connectivity index (χ1n) is 5.57. The Labute approximate surface area is 95.7 Å². The van der Waals surface area contributed by atoms with Crippen molar-refractivity contribution in [2.24, 2.45) is 11.8 Å². The Morgan fingerprint density at radius 2 is 2.38 bits per heavy atom. The molecule has 0 aliphatic heterocycles. The standard InChI is InChI=1S/C10H17N3O2S/c1-8-2-3-9(6-8)7-12-16(14,15)10-4-5-11-13-10/h4-5,8-9,12H,2-3,6-7H2,1H3,(H,11,13). The van der Waals surface area contributed by atoms with E-state index in [0.717, 1.165) is 18.8 Å². The Balaban J connectivity index is 1.91. The van der Waals surface area contributed by atoms with Gasteiger partial charge in [0.15, 0.2) is 5.03 Å². The number of aromatic amines is 1. The Morgan fingerprint density at radius 1 is 1.56 bits per heavy atom. The number of sulfonamides is 1. The summed E-state index contributed by atoms with van der Waals surface area (Å²) in [6.07, 6.45) is 4.88. The molecule has 1 heterocycles. The first-order valence-corrected chi connectivity index (χ1v) is 7.05. The normalized spacial score (nSPS) is 26.1. The largest absolute Gasteiger partial charge is 0.266 e. The molecule has 0 aromatic carbocycles. The third-order valence-corrected chi connectivity index (χ3v) is 4.48. The van der Waals surface area contributed by atoms with E-state index in [-0.39, 0.29) is 5.03 Å². The van der Waals surface area contributed by atoms with Crippen LogP contribution in [0.3, 0.4) is 0 Å². The molecule has 2 rings (SSSR count). The topological polar surface area (TPSA) is 74.8 Å². The third-order valence-electron chi connectivity index (χ3n) is 3.13. The molecule has 1 aliphatic rings. The second-order valence-electron chi connectivity index (χ2n) is 4.56. The maximum atomic E-state index is 11.7. The number of nitrogens with zero attached hydrogens (tertiary/aromatic N) is 1. The first-order chi connectivity index (χ1) is 7.58. The van der Waals surface area contributed by atoms with Crippen LogP contribution in [0.15, 0.2) is 17.3 Å². The molecule has 0 bridgehead atoms. The van der Waals surface area contributed by atoms with Gasteiger partial charge >= 0.3 is 0 Å². The lowest BCUT2D eigenvalue weighted by atomic mass is 10.1. The van der Waals surface area contributed by atoms with Crippen molar-refractivity contribution in [2.45, 2.75) is 31.2 Å². The van der Waals surface area contributed by atoms with Crippen molar-refractivity contribution in [3.05, 3.63) is 12.3 Å². The van der Waals surface area contributed by atoms with Crippen molar-refractivity contribution in [2.75, 3.05) is 6.54 Å². The van der Waals surface area contributed by atoms with Crippen LogP contribution < -0.4 is 4.72 Å². The fourth-order valence-corrected chi connectivity index (χ4v) is 3.23. The van der Waals surface area contributed by atoms with E-state index >= 15 is 0 Å². The van der Waals surface area contributed by atoms with Crippen LogP contribution in [0.2, 0.25) is 0 Å². The van der Waals surface area contributed by atoms with E-state index in [1.54, 1.807) is 0 Å². The summed E-state index contributed by atoms with van der Waals surface area (Å²) in [5.41, 5.74) is 0. The zero-order valence-electron chi connectivity index (χ0n) is 9.31. The van der Waals surface area contributed by atoms with Crippen LogP contribution in [0.1, 0.15) is 26.2 Å². The minimum absolute atomic E-state index is 0.138. The van der Waals surface area contributed by atoms with Gasteiger partial charge in [-0.1, -0.05) is 13.3 Å². The lowest BCUT2D eigenvalue weighted by Crippen LogP contribution is -2.28. The molecule has 1 aromatic rings. The molecule has 1 saturated carbocycles. The number of H-pyrrole nitrogens is 1. The van der Waals surface area contributed by atoms with Gasteiger partial charge in [-0.05, 0) is 30.7 Å². The van der Waals surface area contributed by atoms with E-state index in [0.29, 0.717) is 12.5 Å². The van der Waals surface area contributed by atoms with Crippen LogP contribution in [0.4, 0.5) is 0 Å². The van der Waals surface area contributed by atoms with E-state index in [2.05, 4.69) is 21.8 Å². The van der Waals surface area contributed by atoms with E-state index in [9.17, 15) is 8.42 Å². The minimum atomic E-state index is -3.39. The van der Waals surface area contributed by atoms with Crippen LogP contribution in [-0.4, -0.2) is 25.2 Å². The van der Waals surface area contributed by atoms with Crippen molar-refractivity contribution in [3.63, 3.8) is 0 Å². The average Bonchev–Trinajstić information content (AvgIpc) is 2.85. The SMILES string of the molecule is CC1CCC(CNS(=O)(=O)c2ccn[nH]2)C1. The van der Waals surface area contributed by atoms with Crippen LogP contribution in [0, 0.1) is 11.8 Å². The molecular formula is C10H17N3O2S. The Hall–Kier alpha value is -0.880. The second-order valence-corrected chi connectivity index (χ2v) is 6.29. The molecular weight excluding hydrogens is 226 g/mol. The van der Waals surface area contributed by atoms with Gasteiger partial charge in [0, 0.05) is 6.54 Å². The number of hydrogen-bond acceptors (Lipinski definition) is 3. The molecule has 0 spiro atoms. The van der Waals surface area contributed by atoms with Crippen molar-refractivity contribution >= 4 is 10.0 Å². The number of rotatable bonds is 4. The molecule has 1 aromatic heterocycles. The zero-order chi connectivity index (χ0) is 11.6. The molecule has 0 amide bonds. The number of hydrogen-bond donors (Lipinski definition) is 2. The van der Waals surface area contributed by atoms with Gasteiger partial charge in [-0.3, -0.25) is 5.10 Å². The molecule has 6 heteroatoms. The highest BCUT2D eigenvalue weighted by molar-refractivity contribution is 7.89. The lowest BCUT2D eigenvalue weighted by molar-refractivity contribution is 0.497. The molecule has 16 heavy (non-hydrogen) atoms. The predicted molar refractivity (Wildman–Crippen MR) is 60.3 cm³/mol. The van der Waals surface area contributed by atoms with Crippen LogP contribution in [0.5, 0.6) is 0 Å². The molecule has 0 saturated heterocycles. The molecule has 2 atom stereocenters. The minimum Gasteiger partial charge on any atom is -0.266 e. The van der Waals surface area contributed by atoms with Gasteiger partial charge in [0.2, 0.25) is 0 Å². The van der Waals surface area contributed by atoms with Crippen LogP contribution in [0.25, 0.3) is 0 Å². The fraction of sp³-hybridized carbons (Fsp3) is 0.700. The fourth-order valence-electron chi connectivity index (χ4n) is 2.21. The molecule has 90 valence electrons. The number of aromatic nitrogens is 2. The highest BCUT2D eigenvalue weighted by Gasteiger charge is 2.23. The molecule has 5 nitrogen and oxygen atoms in total. The quantitative estimate of drug-likeness (QED) is 0.832. The van der Waals surface area contributed by atoms with Gasteiger partial charge in [0.1, 0.15) is 0 Å². The van der Waals surface area contributed by atoms with Crippen molar-refractivity contribution < 1.29 is 8.42 Å². The predicted octanol–water partition coefficient (Wildman–Crippen LogP) is 1.12. The first kappa shape index (κ1) is 11.6. The van der Waals surface area contributed by atoms with Gasteiger partial charge in [0.05, 0.1) is 6.20 Å². The molecule has 1 fully saturated rings. The lowest BCUT2D eigenvalue weighted by Gasteiger charge is -2.10. The van der Waals surface area contributed by atoms with Gasteiger partial charge in [0.25, 0.3) is 10.0 Å². The summed E-state index contributed by atoms with van der Waals surface area (Å²) >= 11 is 0. The van der Waals surface area contributed by atoms with E-state index < -0.39 is 10.0 Å². The maximum Gasteiger partial charge on any atom is 0.257 e. The molecule has 0 radical (unpaired) electrons. The van der Waals surface area contributed by atoms with Gasteiger partial charge in [-0.25, -0.2) is 13.1 Å². The summed E-state index contributed by atoms with van der Waals surface area (Å²) in [6, 6.07) is 1.46.